The summed E-state index contributed by atoms with van der Waals surface area (Å²) in [4.78, 5) is 10.9. The molecule has 0 aromatic heterocycles. The highest BCUT2D eigenvalue weighted by molar-refractivity contribution is 7.85. The average Bonchev–Trinajstić information content (AvgIpc) is 2.05. The summed E-state index contributed by atoms with van der Waals surface area (Å²) in [6.07, 6.45) is 0.273. The first kappa shape index (κ1) is 12.1. The molecular weight excluding hydrogens is 190 g/mol. The molecule has 0 rings (SSSR count). The molecule has 0 aliphatic heterocycles. The van der Waals surface area contributed by atoms with E-state index in [2.05, 4.69) is 5.32 Å². The van der Waals surface area contributed by atoms with Crippen molar-refractivity contribution in [3.63, 3.8) is 0 Å². The Morgan fingerprint density at radius 3 is 2.85 bits per heavy atom. The van der Waals surface area contributed by atoms with Gasteiger partial charge in [0.15, 0.2) is 0 Å². The van der Waals surface area contributed by atoms with E-state index in [9.17, 15) is 9.00 Å². The van der Waals surface area contributed by atoms with Crippen molar-refractivity contribution in [3.05, 3.63) is 0 Å². The normalized spacial score (nSPS) is 11.7. The van der Waals surface area contributed by atoms with E-state index < -0.39 is 10.8 Å². The van der Waals surface area contributed by atoms with Crippen LogP contribution in [0.2, 0.25) is 0 Å². The minimum atomic E-state index is -1.18. The molecule has 0 aromatic carbocycles. The van der Waals surface area contributed by atoms with Gasteiger partial charge in [0.2, 0.25) is 5.91 Å². The van der Waals surface area contributed by atoms with Crippen molar-refractivity contribution in [1.82, 2.24) is 5.32 Å². The number of hydrogen-bond donors (Lipinski definition) is 2. The summed E-state index contributed by atoms with van der Waals surface area (Å²) in [5.74, 6) is 0.0240. The number of hydrogen-bond acceptors (Lipinski definition) is 4. The second kappa shape index (κ2) is 7.71. The van der Waals surface area contributed by atoms with Crippen molar-refractivity contribution in [2.24, 2.45) is 5.73 Å². The Hall–Kier alpha value is -0.930. The summed E-state index contributed by atoms with van der Waals surface area (Å²) in [5, 5.41) is 10.6. The maximum absolute atomic E-state index is 11.0. The third-order valence-corrected chi connectivity index (χ3v) is 2.47. The Morgan fingerprint density at radius 1 is 1.62 bits per heavy atom. The van der Waals surface area contributed by atoms with E-state index in [0.717, 1.165) is 0 Å². The smallest absolute Gasteiger partial charge is 0.232 e. The van der Waals surface area contributed by atoms with Gasteiger partial charge in [-0.3, -0.25) is 9.00 Å². The van der Waals surface area contributed by atoms with Crippen LogP contribution in [0.4, 0.5) is 0 Å². The van der Waals surface area contributed by atoms with Crippen LogP contribution in [-0.2, 0) is 15.6 Å². The van der Waals surface area contributed by atoms with Gasteiger partial charge < -0.3 is 11.1 Å². The third kappa shape index (κ3) is 7.43. The third-order valence-electron chi connectivity index (χ3n) is 1.20. The van der Waals surface area contributed by atoms with Crippen molar-refractivity contribution in [1.29, 1.82) is 5.26 Å². The minimum absolute atomic E-state index is 0.0252. The predicted molar refractivity (Wildman–Crippen MR) is 50.2 cm³/mol. The Kier molecular flexibility index (Phi) is 7.15. The Morgan fingerprint density at radius 2 is 2.31 bits per heavy atom. The van der Waals surface area contributed by atoms with E-state index in [1.165, 1.54) is 0 Å². The summed E-state index contributed by atoms with van der Waals surface area (Å²) in [6, 6.07) is 1.89. The van der Waals surface area contributed by atoms with Crippen molar-refractivity contribution in [2.75, 3.05) is 24.6 Å². The second-order valence-electron chi connectivity index (χ2n) is 2.34. The summed E-state index contributed by atoms with van der Waals surface area (Å²) in [7, 11) is -1.18. The molecule has 3 N–H and O–H groups in total. The maximum Gasteiger partial charge on any atom is 0.232 e. The minimum Gasteiger partial charge on any atom is -0.354 e. The lowest BCUT2D eigenvalue weighted by Gasteiger charge is -2.01. The quantitative estimate of drug-likeness (QED) is 0.526. The van der Waals surface area contributed by atoms with Gasteiger partial charge >= 0.3 is 0 Å². The number of nitrogens with one attached hydrogen (secondary N) is 1. The molecule has 0 radical (unpaired) electrons. The number of nitrogens with two attached hydrogens (primary N) is 1. The largest absolute Gasteiger partial charge is 0.354 e. The molecular formula is C7H13N3O2S. The van der Waals surface area contributed by atoms with Gasteiger partial charge in [-0.2, -0.15) is 5.26 Å². The van der Waals surface area contributed by atoms with Crippen molar-refractivity contribution in [2.45, 2.75) is 6.42 Å². The van der Waals surface area contributed by atoms with Crippen molar-refractivity contribution < 1.29 is 9.00 Å². The Balaban J connectivity index is 3.51. The van der Waals surface area contributed by atoms with Crippen LogP contribution in [0.15, 0.2) is 0 Å². The summed E-state index contributed by atoms with van der Waals surface area (Å²) in [6.45, 7) is 0.632. The van der Waals surface area contributed by atoms with Crippen LogP contribution in [0.3, 0.4) is 0 Å². The van der Waals surface area contributed by atoms with Crippen molar-refractivity contribution in [3.8, 4) is 6.07 Å². The van der Waals surface area contributed by atoms with E-state index in [0.29, 0.717) is 18.8 Å². The maximum atomic E-state index is 11.0. The molecule has 0 saturated carbocycles. The summed E-state index contributed by atoms with van der Waals surface area (Å²) >= 11 is 0. The Labute approximate surface area is 79.7 Å². The van der Waals surface area contributed by atoms with Gasteiger partial charge in [0.25, 0.3) is 0 Å². The van der Waals surface area contributed by atoms with Crippen LogP contribution < -0.4 is 11.1 Å². The monoisotopic (exact) mass is 203 g/mol. The fourth-order valence-corrected chi connectivity index (χ4v) is 1.46. The molecule has 0 aliphatic carbocycles. The Bertz CT molecular complexity index is 224. The van der Waals surface area contributed by atoms with Gasteiger partial charge in [-0.05, 0) is 0 Å². The average molecular weight is 203 g/mol. The van der Waals surface area contributed by atoms with Gasteiger partial charge in [0.05, 0.1) is 12.5 Å². The van der Waals surface area contributed by atoms with E-state index in [1.54, 1.807) is 0 Å². The zero-order valence-corrected chi connectivity index (χ0v) is 8.10. The SMILES string of the molecule is N#CCCNC(=O)CS(=O)CCN. The highest BCUT2D eigenvalue weighted by Crippen LogP contribution is 1.81. The molecule has 0 aromatic rings. The molecule has 0 bridgehead atoms. The number of nitriles is 1. The first-order valence-electron chi connectivity index (χ1n) is 3.89. The molecule has 0 spiro atoms. The van der Waals surface area contributed by atoms with Crippen molar-refractivity contribution >= 4 is 16.7 Å². The predicted octanol–water partition coefficient (Wildman–Crippen LogP) is -1.28. The molecule has 1 atom stereocenters. The summed E-state index contributed by atoms with van der Waals surface area (Å²) < 4.78 is 11.0. The van der Waals surface area contributed by atoms with Gasteiger partial charge in [0, 0.05) is 29.6 Å². The van der Waals surface area contributed by atoms with E-state index in [1.807, 2.05) is 6.07 Å². The van der Waals surface area contributed by atoms with Crippen LogP contribution >= 0.6 is 0 Å². The number of rotatable bonds is 6. The first-order chi connectivity index (χ1) is 6.20. The van der Waals surface area contributed by atoms with Gasteiger partial charge in [0.1, 0.15) is 5.75 Å². The molecule has 6 heteroatoms. The van der Waals surface area contributed by atoms with Crippen LogP contribution in [0, 0.1) is 11.3 Å². The number of carbonyl (C=O) groups excluding carboxylic acids is 1. The van der Waals surface area contributed by atoms with E-state index in [-0.39, 0.29) is 18.1 Å². The van der Waals surface area contributed by atoms with Gasteiger partial charge in [-0.25, -0.2) is 0 Å². The molecule has 0 aliphatic rings. The standard InChI is InChI=1S/C7H13N3O2S/c8-2-1-4-10-7(11)6-13(12)5-3-9/h1,3-6,9H2,(H,10,11). The zero-order chi connectivity index (χ0) is 10.1. The highest BCUT2D eigenvalue weighted by atomic mass is 32.2. The fourth-order valence-electron chi connectivity index (χ4n) is 0.659. The van der Waals surface area contributed by atoms with Crippen LogP contribution in [0.1, 0.15) is 6.42 Å². The lowest BCUT2D eigenvalue weighted by Crippen LogP contribution is -2.30. The van der Waals surface area contributed by atoms with Gasteiger partial charge in [-0.1, -0.05) is 0 Å². The second-order valence-corrected chi connectivity index (χ2v) is 3.91. The summed E-state index contributed by atoms with van der Waals surface area (Å²) in [5.41, 5.74) is 5.16. The topological polar surface area (TPSA) is 96.0 Å². The molecule has 1 amide bonds. The lowest BCUT2D eigenvalue weighted by atomic mass is 10.4. The van der Waals surface area contributed by atoms with Crippen LogP contribution in [-0.4, -0.2) is 34.7 Å². The fraction of sp³-hybridized carbons (Fsp3) is 0.714. The number of amides is 1. The number of nitrogens with zero attached hydrogens (tertiary/aromatic N) is 1. The van der Waals surface area contributed by atoms with Gasteiger partial charge in [-0.15, -0.1) is 0 Å². The van der Waals surface area contributed by atoms with E-state index >= 15 is 0 Å². The number of carbonyl (C=O) groups is 1. The first-order valence-corrected chi connectivity index (χ1v) is 5.38. The molecule has 5 nitrogen and oxygen atoms in total. The molecule has 1 unspecified atom stereocenters. The highest BCUT2D eigenvalue weighted by Gasteiger charge is 2.05. The molecule has 0 saturated heterocycles. The molecule has 74 valence electrons. The van der Waals surface area contributed by atoms with Crippen LogP contribution in [0.5, 0.6) is 0 Å². The van der Waals surface area contributed by atoms with Crippen LogP contribution in [0.25, 0.3) is 0 Å². The lowest BCUT2D eigenvalue weighted by molar-refractivity contribution is -0.118. The molecule has 0 heterocycles. The molecule has 13 heavy (non-hydrogen) atoms. The molecule has 0 fully saturated rings. The van der Waals surface area contributed by atoms with E-state index in [4.69, 9.17) is 11.0 Å². The zero-order valence-electron chi connectivity index (χ0n) is 7.28.